The zero-order valence-electron chi connectivity index (χ0n) is 14.6. The summed E-state index contributed by atoms with van der Waals surface area (Å²) >= 11 is 0. The highest BCUT2D eigenvalue weighted by molar-refractivity contribution is 5.74. The Labute approximate surface area is 147 Å². The minimum atomic E-state index is -0.272. The molecule has 0 radical (unpaired) electrons. The topological polar surface area (TPSA) is 94.0 Å². The van der Waals surface area contributed by atoms with E-state index in [1.165, 1.54) is 12.8 Å². The molecule has 0 aliphatic heterocycles. The molecule has 0 saturated heterocycles. The minimum Gasteiger partial charge on any atom is -0.474 e. The van der Waals surface area contributed by atoms with Crippen molar-refractivity contribution in [3.63, 3.8) is 0 Å². The zero-order valence-corrected chi connectivity index (χ0v) is 14.6. The molecule has 2 heterocycles. The second-order valence-corrected chi connectivity index (χ2v) is 6.34. The van der Waals surface area contributed by atoms with Crippen molar-refractivity contribution in [3.05, 3.63) is 36.0 Å². The van der Waals surface area contributed by atoms with Crippen molar-refractivity contribution in [1.29, 1.82) is 0 Å². The van der Waals surface area contributed by atoms with Gasteiger partial charge in [-0.3, -0.25) is 0 Å². The summed E-state index contributed by atoms with van der Waals surface area (Å²) in [6.07, 6.45) is 8.09. The standard InChI is InChI=1S/C17H24N6O2/c1-12(15-22-20-11-23(15)2)21-17(24)19-10-13-6-5-9-18-16(13)25-14-7-3-4-8-14/h5-6,9,11-12,14H,3-4,7-8,10H2,1-2H3,(H2,19,21,24). The van der Waals surface area contributed by atoms with Gasteiger partial charge in [0.1, 0.15) is 12.4 Å². The number of amides is 2. The molecule has 0 aromatic carbocycles. The van der Waals surface area contributed by atoms with Crippen molar-refractivity contribution in [2.24, 2.45) is 7.05 Å². The number of urea groups is 1. The maximum absolute atomic E-state index is 12.1. The maximum Gasteiger partial charge on any atom is 0.315 e. The predicted molar refractivity (Wildman–Crippen MR) is 91.9 cm³/mol. The number of aryl methyl sites for hydroxylation is 1. The lowest BCUT2D eigenvalue weighted by molar-refractivity contribution is 0.198. The lowest BCUT2D eigenvalue weighted by atomic mass is 10.2. The Morgan fingerprint density at radius 3 is 2.96 bits per heavy atom. The second-order valence-electron chi connectivity index (χ2n) is 6.34. The average molecular weight is 344 g/mol. The molecular formula is C17H24N6O2. The molecular weight excluding hydrogens is 320 g/mol. The molecule has 2 aromatic heterocycles. The van der Waals surface area contributed by atoms with Gasteiger partial charge >= 0.3 is 6.03 Å². The summed E-state index contributed by atoms with van der Waals surface area (Å²) in [4.78, 5) is 16.5. The molecule has 3 rings (SSSR count). The number of carbonyl (C=O) groups is 1. The summed E-state index contributed by atoms with van der Waals surface area (Å²) in [5.41, 5.74) is 0.871. The number of nitrogens with one attached hydrogen (secondary N) is 2. The van der Waals surface area contributed by atoms with Crippen molar-refractivity contribution in [2.45, 2.75) is 51.3 Å². The second kappa shape index (κ2) is 7.96. The number of hydrogen-bond donors (Lipinski definition) is 2. The summed E-state index contributed by atoms with van der Waals surface area (Å²) < 4.78 is 7.77. The normalized spacial score (nSPS) is 15.8. The van der Waals surface area contributed by atoms with E-state index in [9.17, 15) is 4.79 Å². The summed E-state index contributed by atoms with van der Waals surface area (Å²) in [5, 5.41) is 13.5. The van der Waals surface area contributed by atoms with Gasteiger partial charge in [-0.15, -0.1) is 10.2 Å². The Bertz CT molecular complexity index is 711. The van der Waals surface area contributed by atoms with E-state index in [0.29, 0.717) is 18.2 Å². The predicted octanol–water partition coefficient (Wildman–Crippen LogP) is 2.09. The first-order chi connectivity index (χ1) is 12.1. The van der Waals surface area contributed by atoms with Crippen molar-refractivity contribution >= 4 is 6.03 Å². The van der Waals surface area contributed by atoms with E-state index >= 15 is 0 Å². The van der Waals surface area contributed by atoms with Gasteiger partial charge < -0.3 is 19.9 Å². The Morgan fingerprint density at radius 1 is 1.44 bits per heavy atom. The van der Waals surface area contributed by atoms with E-state index in [0.717, 1.165) is 18.4 Å². The number of hydrogen-bond acceptors (Lipinski definition) is 5. The Hall–Kier alpha value is -2.64. The van der Waals surface area contributed by atoms with Crippen LogP contribution in [0.15, 0.2) is 24.7 Å². The van der Waals surface area contributed by atoms with Crippen LogP contribution >= 0.6 is 0 Å². The van der Waals surface area contributed by atoms with Crippen LogP contribution in [-0.4, -0.2) is 31.9 Å². The van der Waals surface area contributed by atoms with Crippen molar-refractivity contribution < 1.29 is 9.53 Å². The lowest BCUT2D eigenvalue weighted by Crippen LogP contribution is -2.37. The van der Waals surface area contributed by atoms with Crippen molar-refractivity contribution in [1.82, 2.24) is 30.4 Å². The quantitative estimate of drug-likeness (QED) is 0.837. The molecule has 1 aliphatic carbocycles. The highest BCUT2D eigenvalue weighted by Crippen LogP contribution is 2.24. The summed E-state index contributed by atoms with van der Waals surface area (Å²) in [6.45, 7) is 2.22. The largest absolute Gasteiger partial charge is 0.474 e. The Balaban J connectivity index is 1.54. The van der Waals surface area contributed by atoms with Crippen LogP contribution < -0.4 is 15.4 Å². The number of carbonyl (C=O) groups excluding carboxylic acids is 1. The third kappa shape index (κ3) is 4.46. The highest BCUT2D eigenvalue weighted by atomic mass is 16.5. The molecule has 25 heavy (non-hydrogen) atoms. The molecule has 2 N–H and O–H groups in total. The van der Waals surface area contributed by atoms with E-state index in [2.05, 4.69) is 25.8 Å². The van der Waals surface area contributed by atoms with Gasteiger partial charge in [-0.25, -0.2) is 9.78 Å². The van der Waals surface area contributed by atoms with Crippen LogP contribution in [0.5, 0.6) is 5.88 Å². The van der Waals surface area contributed by atoms with E-state index in [-0.39, 0.29) is 18.2 Å². The van der Waals surface area contributed by atoms with Crippen LogP contribution in [0.2, 0.25) is 0 Å². The van der Waals surface area contributed by atoms with E-state index in [1.807, 2.05) is 26.1 Å². The number of aromatic nitrogens is 4. The van der Waals surface area contributed by atoms with Crippen LogP contribution in [0.25, 0.3) is 0 Å². The molecule has 1 saturated carbocycles. The fourth-order valence-corrected chi connectivity index (χ4v) is 3.00. The molecule has 0 bridgehead atoms. The van der Waals surface area contributed by atoms with Gasteiger partial charge in [0.2, 0.25) is 5.88 Å². The molecule has 1 atom stereocenters. The summed E-state index contributed by atoms with van der Waals surface area (Å²) in [6, 6.07) is 3.25. The third-order valence-electron chi connectivity index (χ3n) is 4.35. The average Bonchev–Trinajstić information content (AvgIpc) is 3.25. The van der Waals surface area contributed by atoms with Crippen LogP contribution in [0, 0.1) is 0 Å². The monoisotopic (exact) mass is 344 g/mol. The first kappa shape index (κ1) is 17.2. The first-order valence-electron chi connectivity index (χ1n) is 8.62. The molecule has 2 aromatic rings. The van der Waals surface area contributed by atoms with E-state index in [1.54, 1.807) is 17.1 Å². The highest BCUT2D eigenvalue weighted by Gasteiger charge is 2.19. The minimum absolute atomic E-state index is 0.235. The third-order valence-corrected chi connectivity index (χ3v) is 4.35. The van der Waals surface area contributed by atoms with Gasteiger partial charge in [-0.1, -0.05) is 6.07 Å². The van der Waals surface area contributed by atoms with Gasteiger partial charge in [0, 0.05) is 25.4 Å². The fourth-order valence-electron chi connectivity index (χ4n) is 3.00. The fraction of sp³-hybridized carbons (Fsp3) is 0.529. The van der Waals surface area contributed by atoms with Crippen LogP contribution in [-0.2, 0) is 13.6 Å². The van der Waals surface area contributed by atoms with Gasteiger partial charge in [-0.05, 0) is 38.7 Å². The van der Waals surface area contributed by atoms with Gasteiger partial charge in [-0.2, -0.15) is 0 Å². The zero-order chi connectivity index (χ0) is 17.6. The number of rotatable bonds is 6. The van der Waals surface area contributed by atoms with Crippen molar-refractivity contribution in [2.75, 3.05) is 0 Å². The molecule has 1 unspecified atom stereocenters. The van der Waals surface area contributed by atoms with Gasteiger partial charge in [0.25, 0.3) is 0 Å². The molecule has 2 amide bonds. The Kier molecular flexibility index (Phi) is 5.47. The molecule has 8 nitrogen and oxygen atoms in total. The smallest absolute Gasteiger partial charge is 0.315 e. The summed E-state index contributed by atoms with van der Waals surface area (Å²) in [7, 11) is 1.84. The molecule has 134 valence electrons. The van der Waals surface area contributed by atoms with E-state index < -0.39 is 0 Å². The number of ether oxygens (including phenoxy) is 1. The van der Waals surface area contributed by atoms with Crippen molar-refractivity contribution in [3.8, 4) is 5.88 Å². The molecule has 0 spiro atoms. The van der Waals surface area contributed by atoms with Crippen LogP contribution in [0.1, 0.15) is 50.0 Å². The molecule has 1 aliphatic rings. The lowest BCUT2D eigenvalue weighted by Gasteiger charge is -2.16. The van der Waals surface area contributed by atoms with Crippen LogP contribution in [0.3, 0.4) is 0 Å². The van der Waals surface area contributed by atoms with Gasteiger partial charge in [0.05, 0.1) is 6.04 Å². The van der Waals surface area contributed by atoms with Gasteiger partial charge in [0.15, 0.2) is 5.82 Å². The molecule has 1 fully saturated rings. The number of pyridine rings is 1. The molecule has 8 heteroatoms. The maximum atomic E-state index is 12.1. The number of nitrogens with zero attached hydrogens (tertiary/aromatic N) is 4. The van der Waals surface area contributed by atoms with Crippen LogP contribution in [0.4, 0.5) is 4.79 Å². The Morgan fingerprint density at radius 2 is 2.24 bits per heavy atom. The first-order valence-corrected chi connectivity index (χ1v) is 8.62. The SMILES string of the molecule is CC(NC(=O)NCc1cccnc1OC1CCCC1)c1nncn1C. The van der Waals surface area contributed by atoms with E-state index in [4.69, 9.17) is 4.74 Å². The summed E-state index contributed by atoms with van der Waals surface area (Å²) in [5.74, 6) is 1.30.